The van der Waals surface area contributed by atoms with Gasteiger partial charge in [-0.15, -0.1) is 0 Å². The van der Waals surface area contributed by atoms with Crippen molar-refractivity contribution in [3.8, 4) is 27.9 Å². The predicted molar refractivity (Wildman–Crippen MR) is 157 cm³/mol. The summed E-state index contributed by atoms with van der Waals surface area (Å²) in [6, 6.07) is 36.6. The van der Waals surface area contributed by atoms with Crippen LogP contribution in [-0.4, -0.2) is 4.57 Å². The average molecular weight is 462 g/mol. The van der Waals surface area contributed by atoms with Gasteiger partial charge in [0.15, 0.2) is 0 Å². The number of hydrogen-bond acceptors (Lipinski definition) is 0. The molecule has 5 aromatic carbocycles. The molecule has 6 aromatic rings. The zero-order valence-electron chi connectivity index (χ0n) is 20.4. The van der Waals surface area contributed by atoms with Crippen molar-refractivity contribution < 1.29 is 0 Å². The van der Waals surface area contributed by atoms with Crippen LogP contribution in [0.5, 0.6) is 0 Å². The molecular formula is C35H27N. The Balaban J connectivity index is 1.66. The van der Waals surface area contributed by atoms with Gasteiger partial charge in [-0.05, 0) is 74.8 Å². The zero-order valence-corrected chi connectivity index (χ0v) is 20.4. The Morgan fingerprint density at radius 3 is 1.81 bits per heavy atom. The molecule has 0 atom stereocenters. The smallest absolute Gasteiger partial charge is 0.0531 e. The monoisotopic (exact) mass is 461 g/mol. The van der Waals surface area contributed by atoms with E-state index in [1.165, 1.54) is 43.9 Å². The van der Waals surface area contributed by atoms with Crippen LogP contribution in [0.1, 0.15) is 16.7 Å². The summed E-state index contributed by atoms with van der Waals surface area (Å²) in [5, 5.41) is 3.70. The maximum Gasteiger partial charge on any atom is 0.0531 e. The van der Waals surface area contributed by atoms with Crippen LogP contribution < -0.4 is 0 Å². The molecule has 0 saturated heterocycles. The van der Waals surface area contributed by atoms with E-state index in [0.29, 0.717) is 0 Å². The third kappa shape index (κ3) is 3.40. The summed E-state index contributed by atoms with van der Waals surface area (Å²) in [4.78, 5) is 0. The molecule has 0 N–H and O–H groups in total. The van der Waals surface area contributed by atoms with Gasteiger partial charge >= 0.3 is 0 Å². The van der Waals surface area contributed by atoms with Crippen molar-refractivity contribution in [1.29, 1.82) is 0 Å². The summed E-state index contributed by atoms with van der Waals surface area (Å²) < 4.78 is 2.29. The van der Waals surface area contributed by atoms with Crippen molar-refractivity contribution in [2.24, 2.45) is 0 Å². The van der Waals surface area contributed by atoms with Gasteiger partial charge in [-0.1, -0.05) is 110 Å². The number of fused-ring (bicyclic) bond motifs is 2. The molecule has 1 aromatic heterocycles. The van der Waals surface area contributed by atoms with Gasteiger partial charge < -0.3 is 4.57 Å². The highest BCUT2D eigenvalue weighted by molar-refractivity contribution is 6.11. The van der Waals surface area contributed by atoms with E-state index in [4.69, 9.17) is 0 Å². The molecule has 0 saturated carbocycles. The molecule has 0 fully saturated rings. The van der Waals surface area contributed by atoms with E-state index in [1.807, 2.05) is 12.2 Å². The fourth-order valence-corrected chi connectivity index (χ4v) is 5.50. The first-order valence-corrected chi connectivity index (χ1v) is 12.3. The molecule has 0 amide bonds. The molecule has 1 nitrogen and oxygen atoms in total. The van der Waals surface area contributed by atoms with Crippen LogP contribution in [0.2, 0.25) is 0 Å². The molecule has 36 heavy (non-hydrogen) atoms. The van der Waals surface area contributed by atoms with Crippen LogP contribution in [0.15, 0.2) is 122 Å². The Morgan fingerprint density at radius 2 is 1.14 bits per heavy atom. The summed E-state index contributed by atoms with van der Waals surface area (Å²) in [7, 11) is 0. The molecule has 0 radical (unpaired) electrons. The lowest BCUT2D eigenvalue weighted by molar-refractivity contribution is 1.12. The summed E-state index contributed by atoms with van der Waals surface area (Å²) in [6.45, 7) is 10.6. The van der Waals surface area contributed by atoms with Gasteiger partial charge in [0.05, 0.1) is 5.52 Å². The zero-order chi connectivity index (χ0) is 24.6. The molecule has 0 aliphatic carbocycles. The number of rotatable bonds is 5. The van der Waals surface area contributed by atoms with E-state index in [0.717, 1.165) is 22.4 Å². The van der Waals surface area contributed by atoms with E-state index < -0.39 is 0 Å². The molecule has 1 heteroatoms. The lowest BCUT2D eigenvalue weighted by Crippen LogP contribution is -1.97. The molecule has 0 spiro atoms. The van der Waals surface area contributed by atoms with Crippen molar-refractivity contribution in [1.82, 2.24) is 4.57 Å². The highest BCUT2D eigenvalue weighted by Crippen LogP contribution is 2.43. The van der Waals surface area contributed by atoms with E-state index in [-0.39, 0.29) is 0 Å². The van der Waals surface area contributed by atoms with Gasteiger partial charge in [-0.3, -0.25) is 0 Å². The predicted octanol–water partition coefficient (Wildman–Crippen LogP) is 9.71. The Labute approximate surface area is 212 Å². The average Bonchev–Trinajstić information content (AvgIpc) is 3.28. The highest BCUT2D eigenvalue weighted by atomic mass is 15.0. The summed E-state index contributed by atoms with van der Waals surface area (Å²) in [5.41, 5.74) is 10.6. The first kappa shape index (κ1) is 21.9. The fourth-order valence-electron chi connectivity index (χ4n) is 5.50. The van der Waals surface area contributed by atoms with Gasteiger partial charge in [-0.25, -0.2) is 0 Å². The lowest BCUT2D eigenvalue weighted by Gasteiger charge is -2.20. The maximum absolute atomic E-state index is 4.24. The third-order valence-corrected chi connectivity index (χ3v) is 7.09. The van der Waals surface area contributed by atoms with E-state index in [9.17, 15) is 0 Å². The molecule has 0 bridgehead atoms. The molecule has 6 rings (SSSR count). The van der Waals surface area contributed by atoms with Crippen LogP contribution in [0.4, 0.5) is 0 Å². The maximum atomic E-state index is 4.24. The van der Waals surface area contributed by atoms with Crippen molar-refractivity contribution in [3.05, 3.63) is 139 Å². The Hall–Kier alpha value is -4.62. The van der Waals surface area contributed by atoms with Crippen LogP contribution >= 0.6 is 0 Å². The largest absolute Gasteiger partial charge is 0.316 e. The number of aryl methyl sites for hydroxylation is 1. The topological polar surface area (TPSA) is 4.93 Å². The van der Waals surface area contributed by atoms with Gasteiger partial charge in [0.2, 0.25) is 0 Å². The van der Waals surface area contributed by atoms with E-state index >= 15 is 0 Å². The normalized spacial score (nSPS) is 11.1. The number of aromatic nitrogens is 1. The van der Waals surface area contributed by atoms with Crippen molar-refractivity contribution in [2.75, 3.05) is 0 Å². The first-order valence-electron chi connectivity index (χ1n) is 12.3. The first-order chi connectivity index (χ1) is 17.7. The van der Waals surface area contributed by atoms with Crippen molar-refractivity contribution in [2.45, 2.75) is 6.92 Å². The van der Waals surface area contributed by atoms with Crippen molar-refractivity contribution in [3.63, 3.8) is 0 Å². The van der Waals surface area contributed by atoms with Crippen LogP contribution in [0, 0.1) is 6.92 Å². The number of nitrogens with zero attached hydrogens (tertiary/aromatic N) is 1. The van der Waals surface area contributed by atoms with E-state index in [2.05, 4.69) is 134 Å². The van der Waals surface area contributed by atoms with Crippen LogP contribution in [0.25, 0.3) is 61.8 Å². The van der Waals surface area contributed by atoms with Crippen LogP contribution in [0.3, 0.4) is 0 Å². The number of para-hydroxylation sites is 1. The van der Waals surface area contributed by atoms with Gasteiger partial charge in [0, 0.05) is 17.3 Å². The quantitative estimate of drug-likeness (QED) is 0.241. The Bertz CT molecular complexity index is 1770. The fraction of sp³-hybridized carbons (Fsp3) is 0.0286. The van der Waals surface area contributed by atoms with Gasteiger partial charge in [-0.2, -0.15) is 0 Å². The molecule has 0 aliphatic rings. The molecule has 0 aliphatic heterocycles. The second kappa shape index (κ2) is 8.87. The third-order valence-electron chi connectivity index (χ3n) is 7.09. The van der Waals surface area contributed by atoms with Crippen molar-refractivity contribution >= 4 is 33.8 Å². The van der Waals surface area contributed by atoms with E-state index in [1.54, 1.807) is 0 Å². The Kier molecular flexibility index (Phi) is 5.39. The second-order valence-corrected chi connectivity index (χ2v) is 9.15. The SMILES string of the molecule is C=Cc1c(C=C)c(-c2cccc(-n3cc(C)c4ccccc43)c2)c2ccccc2c1-c1ccccc1. The Morgan fingerprint density at radius 1 is 0.583 bits per heavy atom. The van der Waals surface area contributed by atoms with Gasteiger partial charge in [0.1, 0.15) is 0 Å². The standard InChI is InChI=1S/C35H27N/c1-4-28-29(5-2)35(32-20-10-9-19-31(32)34(28)25-14-7-6-8-15-25)26-16-13-17-27(22-26)36-23-24(3)30-18-11-12-21-33(30)36/h4-23H,1-2H2,3H3. The summed E-state index contributed by atoms with van der Waals surface area (Å²) in [6.07, 6.45) is 6.18. The molecule has 172 valence electrons. The molecular weight excluding hydrogens is 434 g/mol. The molecule has 0 unspecified atom stereocenters. The minimum Gasteiger partial charge on any atom is -0.316 e. The second-order valence-electron chi connectivity index (χ2n) is 9.15. The number of benzene rings is 5. The summed E-state index contributed by atoms with van der Waals surface area (Å²) >= 11 is 0. The van der Waals surface area contributed by atoms with Crippen LogP contribution in [-0.2, 0) is 0 Å². The summed E-state index contributed by atoms with van der Waals surface area (Å²) in [5.74, 6) is 0. The minimum atomic E-state index is 1.10. The molecule has 1 heterocycles. The minimum absolute atomic E-state index is 1.10. The highest BCUT2D eigenvalue weighted by Gasteiger charge is 2.19. The van der Waals surface area contributed by atoms with Gasteiger partial charge in [0.25, 0.3) is 0 Å². The lowest BCUT2D eigenvalue weighted by atomic mass is 9.83. The number of hydrogen-bond donors (Lipinski definition) is 0.